The molecule has 1 fully saturated rings. The molecule has 14 heavy (non-hydrogen) atoms. The minimum Gasteiger partial charge on any atom is -0.381 e. The molecule has 1 aliphatic rings. The number of rotatable bonds is 3. The van der Waals surface area contributed by atoms with Gasteiger partial charge in [0.15, 0.2) is 5.82 Å². The van der Waals surface area contributed by atoms with E-state index in [1.807, 2.05) is 0 Å². The zero-order valence-corrected chi connectivity index (χ0v) is 8.09. The zero-order chi connectivity index (χ0) is 9.80. The van der Waals surface area contributed by atoms with Crippen molar-refractivity contribution in [2.75, 3.05) is 38.6 Å². The number of nitrogens with zero attached hydrogens (tertiary/aromatic N) is 4. The van der Waals surface area contributed by atoms with E-state index in [0.29, 0.717) is 5.82 Å². The third-order valence-electron chi connectivity index (χ3n) is 2.31. The summed E-state index contributed by atoms with van der Waals surface area (Å²) in [6.45, 7) is 5.49. The number of hydrogen-bond acceptors (Lipinski definition) is 5. The first-order chi connectivity index (χ1) is 6.84. The number of hydrogen-bond donors (Lipinski definition) is 1. The lowest BCUT2D eigenvalue weighted by molar-refractivity contribution is 0.0359. The molecule has 0 atom stereocenters. The van der Waals surface area contributed by atoms with Crippen LogP contribution in [0.5, 0.6) is 0 Å². The molecule has 2 N–H and O–H groups in total. The van der Waals surface area contributed by atoms with Crippen molar-refractivity contribution in [3.63, 3.8) is 0 Å². The topological polar surface area (TPSA) is 69.2 Å². The van der Waals surface area contributed by atoms with Gasteiger partial charge in [0.2, 0.25) is 0 Å². The third kappa shape index (κ3) is 2.43. The highest BCUT2D eigenvalue weighted by molar-refractivity contribution is 5.19. The van der Waals surface area contributed by atoms with Crippen molar-refractivity contribution in [3.05, 3.63) is 6.20 Å². The van der Waals surface area contributed by atoms with Crippen molar-refractivity contribution >= 4 is 5.82 Å². The maximum Gasteiger partial charge on any atom is 0.165 e. The molecular weight excluding hydrogens is 182 g/mol. The Morgan fingerprint density at radius 2 is 2.14 bits per heavy atom. The Balaban J connectivity index is 1.76. The fourth-order valence-electron chi connectivity index (χ4n) is 1.49. The molecule has 0 unspecified atom stereocenters. The van der Waals surface area contributed by atoms with Gasteiger partial charge in [0, 0.05) is 19.6 Å². The Kier molecular flexibility index (Phi) is 2.95. The molecule has 0 spiro atoms. The monoisotopic (exact) mass is 197 g/mol. The van der Waals surface area contributed by atoms with Crippen molar-refractivity contribution < 1.29 is 4.74 Å². The van der Waals surface area contributed by atoms with E-state index in [4.69, 9.17) is 10.5 Å². The van der Waals surface area contributed by atoms with Crippen LogP contribution < -0.4 is 5.73 Å². The molecule has 1 aromatic heterocycles. The molecule has 1 aromatic rings. The van der Waals surface area contributed by atoms with Crippen molar-refractivity contribution in [1.29, 1.82) is 0 Å². The summed E-state index contributed by atoms with van der Waals surface area (Å²) in [5.74, 6) is 0.479. The van der Waals surface area contributed by atoms with Gasteiger partial charge in [-0.05, 0) is 0 Å². The molecule has 0 bridgehead atoms. The molecule has 0 aliphatic carbocycles. The van der Waals surface area contributed by atoms with Gasteiger partial charge in [-0.2, -0.15) is 0 Å². The molecule has 1 saturated heterocycles. The Morgan fingerprint density at radius 3 is 2.79 bits per heavy atom. The lowest BCUT2D eigenvalue weighted by Crippen LogP contribution is -2.38. The lowest BCUT2D eigenvalue weighted by Gasteiger charge is -2.26. The van der Waals surface area contributed by atoms with Gasteiger partial charge in [-0.3, -0.25) is 4.90 Å². The first-order valence-corrected chi connectivity index (χ1v) is 4.80. The second kappa shape index (κ2) is 4.39. The predicted molar refractivity (Wildman–Crippen MR) is 51.7 cm³/mol. The Morgan fingerprint density at radius 1 is 1.36 bits per heavy atom. The number of morpholine rings is 1. The van der Waals surface area contributed by atoms with Crippen LogP contribution in [0, 0.1) is 0 Å². The highest BCUT2D eigenvalue weighted by atomic mass is 16.5. The molecule has 78 valence electrons. The first kappa shape index (κ1) is 9.42. The summed E-state index contributed by atoms with van der Waals surface area (Å²) in [6.07, 6.45) is 1.75. The number of nitrogens with two attached hydrogens (primary N) is 1. The van der Waals surface area contributed by atoms with Crippen LogP contribution in [-0.4, -0.2) is 52.7 Å². The first-order valence-electron chi connectivity index (χ1n) is 4.80. The Labute approximate surface area is 82.6 Å². The van der Waals surface area contributed by atoms with Crippen LogP contribution in [0.3, 0.4) is 0 Å². The van der Waals surface area contributed by atoms with Gasteiger partial charge >= 0.3 is 0 Å². The Bertz CT molecular complexity index is 281. The van der Waals surface area contributed by atoms with Gasteiger partial charge in [-0.15, -0.1) is 5.10 Å². The van der Waals surface area contributed by atoms with E-state index in [-0.39, 0.29) is 0 Å². The maximum absolute atomic E-state index is 5.46. The standard InChI is InChI=1S/C8H15N5O/c9-8-7-13(11-10-8)2-1-12-3-5-14-6-4-12/h7H,1-6,9H2. The van der Waals surface area contributed by atoms with Crippen LogP contribution in [0.25, 0.3) is 0 Å². The molecule has 1 aliphatic heterocycles. The minimum atomic E-state index is 0.479. The van der Waals surface area contributed by atoms with E-state index in [1.165, 1.54) is 0 Å². The van der Waals surface area contributed by atoms with Crippen molar-refractivity contribution in [2.24, 2.45) is 0 Å². The molecule has 0 amide bonds. The number of anilines is 1. The van der Waals surface area contributed by atoms with Crippen molar-refractivity contribution in [3.8, 4) is 0 Å². The summed E-state index contributed by atoms with van der Waals surface area (Å²) in [5.41, 5.74) is 5.46. The van der Waals surface area contributed by atoms with Crippen LogP contribution in [0.4, 0.5) is 5.82 Å². The molecule has 0 radical (unpaired) electrons. The van der Waals surface area contributed by atoms with Gasteiger partial charge in [0.05, 0.1) is 26.0 Å². The van der Waals surface area contributed by atoms with Crippen molar-refractivity contribution in [1.82, 2.24) is 19.9 Å². The summed E-state index contributed by atoms with van der Waals surface area (Å²) in [6, 6.07) is 0. The maximum atomic E-state index is 5.46. The average Bonchev–Trinajstić information content (AvgIpc) is 2.63. The normalized spacial score (nSPS) is 18.6. The number of aromatic nitrogens is 3. The van der Waals surface area contributed by atoms with Gasteiger partial charge < -0.3 is 10.5 Å². The number of ether oxygens (including phenoxy) is 1. The quantitative estimate of drug-likeness (QED) is 0.686. The molecule has 2 rings (SSSR count). The summed E-state index contributed by atoms with van der Waals surface area (Å²) in [4.78, 5) is 2.35. The van der Waals surface area contributed by atoms with E-state index >= 15 is 0 Å². The van der Waals surface area contributed by atoms with Crippen molar-refractivity contribution in [2.45, 2.75) is 6.54 Å². The third-order valence-corrected chi connectivity index (χ3v) is 2.31. The Hall–Kier alpha value is -1.14. The molecular formula is C8H15N5O. The second-order valence-corrected chi connectivity index (χ2v) is 3.36. The molecule has 2 heterocycles. The van der Waals surface area contributed by atoms with Crippen LogP contribution in [-0.2, 0) is 11.3 Å². The fourth-order valence-corrected chi connectivity index (χ4v) is 1.49. The highest BCUT2D eigenvalue weighted by Gasteiger charge is 2.09. The van der Waals surface area contributed by atoms with E-state index in [9.17, 15) is 0 Å². The lowest BCUT2D eigenvalue weighted by atomic mass is 10.4. The van der Waals surface area contributed by atoms with Gasteiger partial charge in [-0.25, -0.2) is 4.68 Å². The summed E-state index contributed by atoms with van der Waals surface area (Å²) in [7, 11) is 0. The van der Waals surface area contributed by atoms with Gasteiger partial charge in [0.1, 0.15) is 0 Å². The predicted octanol–water partition coefficient (Wildman–Crippen LogP) is -0.807. The van der Waals surface area contributed by atoms with Crippen LogP contribution in [0.15, 0.2) is 6.20 Å². The summed E-state index contributed by atoms with van der Waals surface area (Å²) in [5, 5.41) is 7.61. The molecule has 0 saturated carbocycles. The van der Waals surface area contributed by atoms with E-state index in [2.05, 4.69) is 15.2 Å². The van der Waals surface area contributed by atoms with E-state index < -0.39 is 0 Å². The van der Waals surface area contributed by atoms with Gasteiger partial charge in [-0.1, -0.05) is 5.21 Å². The molecule has 0 aromatic carbocycles. The van der Waals surface area contributed by atoms with Crippen LogP contribution in [0.1, 0.15) is 0 Å². The second-order valence-electron chi connectivity index (χ2n) is 3.36. The summed E-state index contributed by atoms with van der Waals surface area (Å²) >= 11 is 0. The minimum absolute atomic E-state index is 0.479. The summed E-state index contributed by atoms with van der Waals surface area (Å²) < 4.78 is 7.03. The SMILES string of the molecule is Nc1cn(CCN2CCOCC2)nn1. The van der Waals surface area contributed by atoms with E-state index in [0.717, 1.165) is 39.4 Å². The highest BCUT2D eigenvalue weighted by Crippen LogP contribution is 1.98. The zero-order valence-electron chi connectivity index (χ0n) is 8.09. The largest absolute Gasteiger partial charge is 0.381 e. The van der Waals surface area contributed by atoms with Crippen LogP contribution in [0.2, 0.25) is 0 Å². The average molecular weight is 197 g/mol. The fraction of sp³-hybridized carbons (Fsp3) is 0.750. The smallest absolute Gasteiger partial charge is 0.165 e. The number of nitrogen functional groups attached to an aromatic ring is 1. The van der Waals surface area contributed by atoms with Gasteiger partial charge in [0.25, 0.3) is 0 Å². The van der Waals surface area contributed by atoms with Crippen LogP contribution >= 0.6 is 0 Å². The molecule has 6 heteroatoms. The van der Waals surface area contributed by atoms with E-state index in [1.54, 1.807) is 10.9 Å². The molecule has 6 nitrogen and oxygen atoms in total.